The molecule has 0 unspecified atom stereocenters. The lowest BCUT2D eigenvalue weighted by molar-refractivity contribution is 0.590. The fourth-order valence-electron chi connectivity index (χ4n) is 7.53. The Hall–Kier alpha value is -6.10. The molecule has 0 aliphatic carbocycles. The lowest BCUT2D eigenvalue weighted by Gasteiger charge is -2.20. The molecule has 0 saturated carbocycles. The monoisotopic (exact) mass is 646 g/mol. The van der Waals surface area contributed by atoms with Gasteiger partial charge in [0.1, 0.15) is 12.1 Å². The predicted octanol–water partition coefficient (Wildman–Crippen LogP) is 11.9. The smallest absolute Gasteiger partial charge is 0.101 e. The molecule has 0 atom stereocenters. The molecule has 0 amide bonds. The second-order valence-corrected chi connectivity index (χ2v) is 15.3. The van der Waals surface area contributed by atoms with Crippen LogP contribution in [0.2, 0.25) is 0 Å². The summed E-state index contributed by atoms with van der Waals surface area (Å²) in [5.41, 5.74) is 11.1. The summed E-state index contributed by atoms with van der Waals surface area (Å²) in [6, 6.07) is 47.4. The number of para-hydroxylation sites is 2. The molecule has 0 saturated heterocycles. The van der Waals surface area contributed by atoms with E-state index in [1.165, 1.54) is 21.9 Å². The van der Waals surface area contributed by atoms with Crippen molar-refractivity contribution in [2.24, 2.45) is 0 Å². The lowest BCUT2D eigenvalue weighted by Crippen LogP contribution is -2.10. The molecule has 4 nitrogen and oxygen atoms in total. The first-order valence-electron chi connectivity index (χ1n) is 17.2. The Morgan fingerprint density at radius 1 is 0.500 bits per heavy atom. The Morgan fingerprint density at radius 3 is 1.70 bits per heavy atom. The molecular formula is C46H38N4. The summed E-state index contributed by atoms with van der Waals surface area (Å²) < 4.78 is 4.68. The fraction of sp³-hybridized carbons (Fsp3) is 0.174. The molecule has 242 valence electrons. The van der Waals surface area contributed by atoms with Gasteiger partial charge in [-0.05, 0) is 76.6 Å². The molecule has 2 heterocycles. The normalized spacial score (nSPS) is 12.2. The lowest BCUT2D eigenvalue weighted by atomic mass is 9.85. The van der Waals surface area contributed by atoms with Crippen molar-refractivity contribution in [3.63, 3.8) is 0 Å². The van der Waals surface area contributed by atoms with E-state index in [1.54, 1.807) is 6.07 Å². The third kappa shape index (κ3) is 4.72. The predicted molar refractivity (Wildman–Crippen MR) is 207 cm³/mol. The number of rotatable bonds is 3. The molecule has 6 aromatic carbocycles. The van der Waals surface area contributed by atoms with E-state index in [2.05, 4.69) is 160 Å². The summed E-state index contributed by atoms with van der Waals surface area (Å²) in [5, 5.41) is 25.4. The highest BCUT2D eigenvalue weighted by Gasteiger charge is 2.26. The molecule has 50 heavy (non-hydrogen) atoms. The molecule has 0 N–H and O–H groups in total. The Balaban J connectivity index is 1.62. The molecule has 2 aromatic heterocycles. The molecule has 0 aliphatic rings. The minimum atomic E-state index is -0.0234. The van der Waals surface area contributed by atoms with E-state index in [4.69, 9.17) is 0 Å². The van der Waals surface area contributed by atoms with Gasteiger partial charge in [0.2, 0.25) is 0 Å². The first-order chi connectivity index (χ1) is 24.0. The molecular weight excluding hydrogens is 609 g/mol. The van der Waals surface area contributed by atoms with Gasteiger partial charge in [0.25, 0.3) is 0 Å². The molecule has 0 fully saturated rings. The summed E-state index contributed by atoms with van der Waals surface area (Å²) in [7, 11) is 0. The zero-order chi connectivity index (χ0) is 34.9. The van der Waals surface area contributed by atoms with E-state index >= 15 is 0 Å². The number of hydrogen-bond donors (Lipinski definition) is 0. The van der Waals surface area contributed by atoms with E-state index in [9.17, 15) is 10.5 Å². The number of hydrogen-bond acceptors (Lipinski definition) is 2. The van der Waals surface area contributed by atoms with Crippen molar-refractivity contribution in [1.29, 1.82) is 10.5 Å². The van der Waals surface area contributed by atoms with Crippen molar-refractivity contribution in [2.75, 3.05) is 0 Å². The standard InChI is InChI=1S/C46H38N4/c1-45(2,3)30-19-22-40-36(25-30)37-26-31(46(4,5)6)20-23-41(37)50(40)42-24-21-35-33-16-10-11-18-39(33)49(32-14-8-7-9-15-32)44(35)43(42)34-17-12-13-29(27-47)38(34)28-48/h7-26H,1-6H3. The van der Waals surface area contributed by atoms with Gasteiger partial charge in [0.05, 0.1) is 38.9 Å². The Labute approximate surface area is 293 Å². The minimum Gasteiger partial charge on any atom is -0.309 e. The topological polar surface area (TPSA) is 57.4 Å². The molecule has 0 radical (unpaired) electrons. The zero-order valence-corrected chi connectivity index (χ0v) is 29.3. The van der Waals surface area contributed by atoms with Gasteiger partial charge >= 0.3 is 0 Å². The van der Waals surface area contributed by atoms with Crippen LogP contribution in [0.4, 0.5) is 0 Å². The van der Waals surface area contributed by atoms with E-state index in [0.29, 0.717) is 11.1 Å². The third-order valence-corrected chi connectivity index (χ3v) is 10.1. The van der Waals surface area contributed by atoms with Crippen molar-refractivity contribution in [1.82, 2.24) is 9.13 Å². The van der Waals surface area contributed by atoms with Crippen LogP contribution in [0.1, 0.15) is 63.8 Å². The van der Waals surface area contributed by atoms with Crippen LogP contribution in [-0.4, -0.2) is 9.13 Å². The maximum atomic E-state index is 10.7. The van der Waals surface area contributed by atoms with Crippen molar-refractivity contribution in [2.45, 2.75) is 52.4 Å². The Kier molecular flexibility index (Phi) is 7.00. The van der Waals surface area contributed by atoms with Crippen molar-refractivity contribution in [3.8, 4) is 34.6 Å². The van der Waals surface area contributed by atoms with Gasteiger partial charge in [-0.1, -0.05) is 108 Å². The summed E-state index contributed by atoms with van der Waals surface area (Å²) in [5.74, 6) is 0. The summed E-state index contributed by atoms with van der Waals surface area (Å²) >= 11 is 0. The maximum absolute atomic E-state index is 10.7. The number of benzene rings is 6. The van der Waals surface area contributed by atoms with Crippen LogP contribution in [0.25, 0.3) is 66.1 Å². The van der Waals surface area contributed by atoms with Crippen LogP contribution in [-0.2, 0) is 10.8 Å². The number of aromatic nitrogens is 2. The summed E-state index contributed by atoms with van der Waals surface area (Å²) in [6.45, 7) is 13.5. The summed E-state index contributed by atoms with van der Waals surface area (Å²) in [6.07, 6.45) is 0. The van der Waals surface area contributed by atoms with Crippen LogP contribution in [0.5, 0.6) is 0 Å². The SMILES string of the molecule is CC(C)(C)c1ccc2c(c1)c1cc(C(C)(C)C)ccc1n2-c1ccc2c3ccccc3n(-c3ccccc3)c2c1-c1cccc(C#N)c1C#N. The van der Waals surface area contributed by atoms with Crippen LogP contribution >= 0.6 is 0 Å². The van der Waals surface area contributed by atoms with Crippen LogP contribution in [0.15, 0.2) is 121 Å². The largest absolute Gasteiger partial charge is 0.309 e. The molecule has 4 heteroatoms. The Bertz CT molecular complexity index is 2660. The average Bonchev–Trinajstić information content (AvgIpc) is 3.62. The van der Waals surface area contributed by atoms with Gasteiger partial charge in [-0.25, -0.2) is 0 Å². The fourth-order valence-corrected chi connectivity index (χ4v) is 7.53. The van der Waals surface area contributed by atoms with E-state index in [1.807, 2.05) is 18.2 Å². The van der Waals surface area contributed by atoms with E-state index in [0.717, 1.165) is 55.3 Å². The number of nitrogens with zero attached hydrogens (tertiary/aromatic N) is 4. The van der Waals surface area contributed by atoms with E-state index < -0.39 is 0 Å². The first-order valence-corrected chi connectivity index (χ1v) is 17.2. The number of nitriles is 2. The summed E-state index contributed by atoms with van der Waals surface area (Å²) in [4.78, 5) is 0. The minimum absolute atomic E-state index is 0.0234. The van der Waals surface area contributed by atoms with Gasteiger partial charge in [0.15, 0.2) is 0 Å². The first kappa shape index (κ1) is 31.2. The number of fused-ring (bicyclic) bond motifs is 6. The molecule has 8 aromatic rings. The Morgan fingerprint density at radius 2 is 1.10 bits per heavy atom. The highest BCUT2D eigenvalue weighted by atomic mass is 15.0. The quantitative estimate of drug-likeness (QED) is 0.192. The highest BCUT2D eigenvalue weighted by molar-refractivity contribution is 6.17. The van der Waals surface area contributed by atoms with Gasteiger partial charge in [-0.15, -0.1) is 0 Å². The molecule has 0 aliphatic heterocycles. The van der Waals surface area contributed by atoms with Crippen molar-refractivity contribution >= 4 is 43.6 Å². The molecule has 0 bridgehead atoms. The second kappa shape index (κ2) is 11.2. The molecule has 0 spiro atoms. The van der Waals surface area contributed by atoms with Gasteiger partial charge in [-0.3, -0.25) is 0 Å². The van der Waals surface area contributed by atoms with Crippen LogP contribution in [0, 0.1) is 22.7 Å². The average molecular weight is 647 g/mol. The highest BCUT2D eigenvalue weighted by Crippen LogP contribution is 2.46. The van der Waals surface area contributed by atoms with Gasteiger partial charge in [-0.2, -0.15) is 10.5 Å². The van der Waals surface area contributed by atoms with Crippen molar-refractivity contribution < 1.29 is 0 Å². The maximum Gasteiger partial charge on any atom is 0.101 e. The van der Waals surface area contributed by atoms with Crippen molar-refractivity contribution in [3.05, 3.63) is 144 Å². The van der Waals surface area contributed by atoms with Gasteiger partial charge < -0.3 is 9.13 Å². The second-order valence-electron chi connectivity index (χ2n) is 15.3. The molecule has 8 rings (SSSR count). The van der Waals surface area contributed by atoms with Crippen LogP contribution in [0.3, 0.4) is 0 Å². The van der Waals surface area contributed by atoms with Gasteiger partial charge in [0, 0.05) is 38.4 Å². The third-order valence-electron chi connectivity index (χ3n) is 10.1. The zero-order valence-electron chi connectivity index (χ0n) is 29.3. The van der Waals surface area contributed by atoms with E-state index in [-0.39, 0.29) is 10.8 Å². The van der Waals surface area contributed by atoms with Crippen LogP contribution < -0.4 is 0 Å².